The monoisotopic (exact) mass is 443 g/mol. The number of carbonyl (C=O) groups is 1. The maximum absolute atomic E-state index is 12.0. The van der Waals surface area contributed by atoms with Gasteiger partial charge in [-0.3, -0.25) is 4.79 Å². The summed E-state index contributed by atoms with van der Waals surface area (Å²) in [6.07, 6.45) is 0.435. The van der Waals surface area contributed by atoms with Gasteiger partial charge >= 0.3 is 0 Å². The zero-order valence-electron chi connectivity index (χ0n) is 16.1. The molecule has 0 spiro atoms. The fraction of sp³-hybridized carbons (Fsp3) is 0.471. The van der Waals surface area contributed by atoms with E-state index in [1.54, 1.807) is 12.1 Å². The molecule has 158 valence electrons. The second-order valence-electron chi connectivity index (χ2n) is 6.24. The minimum Gasteiger partial charge on any atom is -0.493 e. The molecule has 1 aromatic carbocycles. The normalized spacial score (nSPS) is 17.7. The number of methoxy groups -OCH3 is 3. The molecule has 2 heterocycles. The van der Waals surface area contributed by atoms with Gasteiger partial charge < -0.3 is 23.9 Å². The number of sulfone groups is 1. The van der Waals surface area contributed by atoms with E-state index < -0.39 is 9.84 Å². The van der Waals surface area contributed by atoms with Gasteiger partial charge in [-0.25, -0.2) is 8.42 Å². The average molecular weight is 444 g/mol. The Morgan fingerprint density at radius 1 is 1.21 bits per heavy atom. The third-order valence-electron chi connectivity index (χ3n) is 4.24. The van der Waals surface area contributed by atoms with E-state index in [1.165, 1.54) is 21.3 Å². The summed E-state index contributed by atoms with van der Waals surface area (Å²) in [5.41, 5.74) is 0.569. The third kappa shape index (κ3) is 5.12. The van der Waals surface area contributed by atoms with Crippen LogP contribution in [-0.4, -0.2) is 69.2 Å². The lowest BCUT2D eigenvalue weighted by molar-refractivity contribution is -0.119. The summed E-state index contributed by atoms with van der Waals surface area (Å²) < 4.78 is 44.4. The number of hydrogen-bond donors (Lipinski definition) is 1. The van der Waals surface area contributed by atoms with Crippen LogP contribution in [0, 0.1) is 0 Å². The Labute approximate surface area is 172 Å². The van der Waals surface area contributed by atoms with Crippen molar-refractivity contribution in [3.63, 3.8) is 0 Å². The first-order chi connectivity index (χ1) is 13.8. The molecule has 10 nitrogen and oxygen atoms in total. The quantitative estimate of drug-likeness (QED) is 0.593. The topological polar surface area (TPSA) is 130 Å². The van der Waals surface area contributed by atoms with Crippen molar-refractivity contribution in [1.82, 2.24) is 15.5 Å². The SMILES string of the molecule is COc1cc(-c2nnc(SCC(=O)N[C@H]3CCS(=O)(=O)C3)o2)cc(OC)c1OC. The summed E-state index contributed by atoms with van der Waals surface area (Å²) in [5.74, 6) is 1.40. The molecule has 0 saturated carbocycles. The van der Waals surface area contributed by atoms with Crippen molar-refractivity contribution in [2.24, 2.45) is 0 Å². The van der Waals surface area contributed by atoms with Crippen LogP contribution in [0.4, 0.5) is 0 Å². The molecule has 1 atom stereocenters. The Morgan fingerprint density at radius 3 is 2.45 bits per heavy atom. The van der Waals surface area contributed by atoms with Crippen molar-refractivity contribution in [3.8, 4) is 28.7 Å². The molecule has 1 N–H and O–H groups in total. The number of ether oxygens (including phenoxy) is 3. The number of carbonyl (C=O) groups excluding carboxylic acids is 1. The van der Waals surface area contributed by atoms with Crippen LogP contribution in [0.15, 0.2) is 21.8 Å². The van der Waals surface area contributed by atoms with Crippen LogP contribution in [0.25, 0.3) is 11.5 Å². The van der Waals surface area contributed by atoms with Gasteiger partial charge in [-0.15, -0.1) is 10.2 Å². The van der Waals surface area contributed by atoms with Gasteiger partial charge in [-0.05, 0) is 18.6 Å². The molecule has 0 bridgehead atoms. The fourth-order valence-corrected chi connectivity index (χ4v) is 5.14. The first-order valence-electron chi connectivity index (χ1n) is 8.61. The Balaban J connectivity index is 1.64. The molecule has 0 radical (unpaired) electrons. The van der Waals surface area contributed by atoms with Crippen molar-refractivity contribution in [3.05, 3.63) is 12.1 Å². The minimum atomic E-state index is -3.04. The minimum absolute atomic E-state index is 0.0186. The molecule has 0 aliphatic carbocycles. The van der Waals surface area contributed by atoms with Gasteiger partial charge in [0.15, 0.2) is 21.3 Å². The highest BCUT2D eigenvalue weighted by molar-refractivity contribution is 7.99. The summed E-state index contributed by atoms with van der Waals surface area (Å²) in [4.78, 5) is 12.0. The van der Waals surface area contributed by atoms with E-state index in [0.29, 0.717) is 29.2 Å². The largest absolute Gasteiger partial charge is 0.493 e. The molecule has 1 aromatic heterocycles. The van der Waals surface area contributed by atoms with Crippen LogP contribution in [0.5, 0.6) is 17.2 Å². The van der Waals surface area contributed by atoms with Gasteiger partial charge in [-0.2, -0.15) is 0 Å². The van der Waals surface area contributed by atoms with Gasteiger partial charge in [0.05, 0.1) is 38.6 Å². The van der Waals surface area contributed by atoms with Crippen molar-refractivity contribution in [2.45, 2.75) is 17.7 Å². The Hall–Kier alpha value is -2.47. The van der Waals surface area contributed by atoms with Crippen molar-refractivity contribution in [1.29, 1.82) is 0 Å². The van der Waals surface area contributed by atoms with Crippen LogP contribution in [0.3, 0.4) is 0 Å². The van der Waals surface area contributed by atoms with Crippen molar-refractivity contribution in [2.75, 3.05) is 38.6 Å². The second-order valence-corrected chi connectivity index (χ2v) is 9.40. The number of nitrogens with one attached hydrogen (secondary N) is 1. The molecule has 1 aliphatic rings. The lowest BCUT2D eigenvalue weighted by Gasteiger charge is -2.12. The van der Waals surface area contributed by atoms with Gasteiger partial charge in [-0.1, -0.05) is 11.8 Å². The smallest absolute Gasteiger partial charge is 0.277 e. The number of rotatable bonds is 8. The predicted molar refractivity (Wildman–Crippen MR) is 105 cm³/mol. The van der Waals surface area contributed by atoms with Crippen LogP contribution in [-0.2, 0) is 14.6 Å². The summed E-state index contributed by atoms with van der Waals surface area (Å²) in [6.45, 7) is 0. The predicted octanol–water partition coefficient (Wildman–Crippen LogP) is 1.16. The van der Waals surface area contributed by atoms with Crippen molar-refractivity contribution >= 4 is 27.5 Å². The molecular formula is C17H21N3O7S2. The number of thioether (sulfide) groups is 1. The first kappa shape index (κ1) is 21.2. The lowest BCUT2D eigenvalue weighted by Crippen LogP contribution is -2.36. The lowest BCUT2D eigenvalue weighted by atomic mass is 10.2. The van der Waals surface area contributed by atoms with E-state index in [1.807, 2.05) is 0 Å². The zero-order chi connectivity index (χ0) is 21.0. The van der Waals surface area contributed by atoms with E-state index in [2.05, 4.69) is 15.5 Å². The number of benzene rings is 1. The van der Waals surface area contributed by atoms with E-state index in [-0.39, 0.29) is 40.3 Å². The highest BCUT2D eigenvalue weighted by Gasteiger charge is 2.29. The summed E-state index contributed by atoms with van der Waals surface area (Å²) >= 11 is 1.07. The molecule has 12 heteroatoms. The highest BCUT2D eigenvalue weighted by Crippen LogP contribution is 2.41. The number of aromatic nitrogens is 2. The molecular weight excluding hydrogens is 422 g/mol. The molecule has 1 amide bonds. The summed E-state index contributed by atoms with van der Waals surface area (Å²) in [5, 5.41) is 10.8. The second kappa shape index (κ2) is 8.91. The van der Waals surface area contributed by atoms with E-state index in [4.69, 9.17) is 18.6 Å². The van der Waals surface area contributed by atoms with Gasteiger partial charge in [0.1, 0.15) is 0 Å². The zero-order valence-corrected chi connectivity index (χ0v) is 17.8. The number of nitrogens with zero attached hydrogens (tertiary/aromatic N) is 2. The molecule has 2 aromatic rings. The number of hydrogen-bond acceptors (Lipinski definition) is 10. The average Bonchev–Trinajstić information content (AvgIpc) is 3.31. The summed E-state index contributed by atoms with van der Waals surface area (Å²) in [7, 11) is 1.47. The summed E-state index contributed by atoms with van der Waals surface area (Å²) in [6, 6.07) is 3.01. The van der Waals surface area contributed by atoms with Crippen LogP contribution >= 0.6 is 11.8 Å². The van der Waals surface area contributed by atoms with E-state index in [0.717, 1.165) is 11.8 Å². The Kier molecular flexibility index (Phi) is 6.52. The molecule has 1 fully saturated rings. The van der Waals surface area contributed by atoms with Crippen LogP contribution < -0.4 is 19.5 Å². The number of amides is 1. The molecule has 0 unspecified atom stereocenters. The van der Waals surface area contributed by atoms with E-state index in [9.17, 15) is 13.2 Å². The van der Waals surface area contributed by atoms with Gasteiger partial charge in [0, 0.05) is 11.6 Å². The maximum atomic E-state index is 12.0. The third-order valence-corrected chi connectivity index (χ3v) is 6.83. The fourth-order valence-electron chi connectivity index (χ4n) is 2.89. The first-order valence-corrected chi connectivity index (χ1v) is 11.4. The Bertz CT molecular complexity index is 966. The van der Waals surface area contributed by atoms with Gasteiger partial charge in [0.25, 0.3) is 5.22 Å². The van der Waals surface area contributed by atoms with E-state index >= 15 is 0 Å². The van der Waals surface area contributed by atoms with Crippen LogP contribution in [0.1, 0.15) is 6.42 Å². The molecule has 1 aliphatic heterocycles. The van der Waals surface area contributed by atoms with Crippen molar-refractivity contribution < 1.29 is 31.8 Å². The maximum Gasteiger partial charge on any atom is 0.277 e. The standard InChI is InChI=1S/C17H21N3O7S2/c1-24-12-6-10(7-13(25-2)15(12)26-3)16-19-20-17(27-16)28-8-14(21)18-11-4-5-29(22,23)9-11/h6-7,11H,4-5,8-9H2,1-3H3,(H,18,21)/t11-/m0/s1. The molecule has 29 heavy (non-hydrogen) atoms. The Morgan fingerprint density at radius 2 is 1.90 bits per heavy atom. The van der Waals surface area contributed by atoms with Crippen LogP contribution in [0.2, 0.25) is 0 Å². The van der Waals surface area contributed by atoms with Gasteiger partial charge in [0.2, 0.25) is 17.5 Å². The molecule has 3 rings (SSSR count). The highest BCUT2D eigenvalue weighted by atomic mass is 32.2. The molecule has 1 saturated heterocycles.